The number of nitrogens with one attached hydrogen (secondary N) is 1. The van der Waals surface area contributed by atoms with Crippen molar-refractivity contribution < 1.29 is 14.0 Å². The molecule has 0 spiro atoms. The van der Waals surface area contributed by atoms with E-state index in [2.05, 4.69) is 24.1 Å². The SMILES string of the molecule is Cc1ccc(C(=O)N(CCN2CCN(C(=O)Nc3ccc(C(C)C)cc3)CC2)Cc2ccc(F)cc2)cc1. The molecule has 0 aliphatic carbocycles. The molecule has 1 N–H and O–H groups in total. The molecule has 0 aromatic heterocycles. The van der Waals surface area contributed by atoms with Crippen molar-refractivity contribution in [1.29, 1.82) is 0 Å². The Morgan fingerprint density at radius 2 is 1.53 bits per heavy atom. The molecule has 6 nitrogen and oxygen atoms in total. The first-order valence-corrected chi connectivity index (χ1v) is 13.3. The summed E-state index contributed by atoms with van der Waals surface area (Å²) in [7, 11) is 0. The minimum atomic E-state index is -0.292. The van der Waals surface area contributed by atoms with Gasteiger partial charge in [0.05, 0.1) is 0 Å². The number of piperazine rings is 1. The zero-order valence-electron chi connectivity index (χ0n) is 22.5. The Bertz CT molecular complexity index is 1200. The van der Waals surface area contributed by atoms with Crippen molar-refractivity contribution in [3.63, 3.8) is 0 Å². The van der Waals surface area contributed by atoms with E-state index in [0.29, 0.717) is 44.2 Å². The molecule has 3 aromatic rings. The molecule has 3 aromatic carbocycles. The second-order valence-electron chi connectivity index (χ2n) is 10.3. The minimum absolute atomic E-state index is 0.0455. The summed E-state index contributed by atoms with van der Waals surface area (Å²) in [5.41, 5.74) is 4.66. The van der Waals surface area contributed by atoms with E-state index in [1.165, 1.54) is 17.7 Å². The van der Waals surface area contributed by atoms with Gasteiger partial charge in [-0.15, -0.1) is 0 Å². The van der Waals surface area contributed by atoms with E-state index in [4.69, 9.17) is 0 Å². The van der Waals surface area contributed by atoms with E-state index in [0.717, 1.165) is 29.9 Å². The van der Waals surface area contributed by atoms with Gasteiger partial charge >= 0.3 is 6.03 Å². The second-order valence-corrected chi connectivity index (χ2v) is 10.3. The van der Waals surface area contributed by atoms with Gasteiger partial charge in [0.15, 0.2) is 0 Å². The number of amides is 3. The summed E-state index contributed by atoms with van der Waals surface area (Å²) >= 11 is 0. The summed E-state index contributed by atoms with van der Waals surface area (Å²) in [6, 6.07) is 21.8. The van der Waals surface area contributed by atoms with Gasteiger partial charge in [-0.1, -0.05) is 55.8 Å². The van der Waals surface area contributed by atoms with Crippen LogP contribution in [0.25, 0.3) is 0 Å². The van der Waals surface area contributed by atoms with Crippen molar-refractivity contribution in [2.75, 3.05) is 44.6 Å². The molecule has 0 atom stereocenters. The number of hydrogen-bond donors (Lipinski definition) is 1. The average molecular weight is 517 g/mol. The summed E-state index contributed by atoms with van der Waals surface area (Å²) in [6.45, 7) is 10.7. The summed E-state index contributed by atoms with van der Waals surface area (Å²) < 4.78 is 13.4. The Morgan fingerprint density at radius 1 is 0.895 bits per heavy atom. The van der Waals surface area contributed by atoms with Crippen LogP contribution in [0.1, 0.15) is 46.8 Å². The molecule has 1 heterocycles. The third-order valence-corrected chi connectivity index (χ3v) is 7.05. The molecular formula is C31H37FN4O2. The number of nitrogens with zero attached hydrogens (tertiary/aromatic N) is 3. The van der Waals surface area contributed by atoms with Gasteiger partial charge in [0.25, 0.3) is 5.91 Å². The lowest BCUT2D eigenvalue weighted by atomic mass is 10.0. The van der Waals surface area contributed by atoms with E-state index < -0.39 is 0 Å². The number of rotatable bonds is 8. The molecule has 7 heteroatoms. The van der Waals surface area contributed by atoms with Crippen molar-refractivity contribution in [2.24, 2.45) is 0 Å². The van der Waals surface area contributed by atoms with E-state index in [1.54, 1.807) is 12.1 Å². The van der Waals surface area contributed by atoms with E-state index in [-0.39, 0.29) is 17.8 Å². The Balaban J connectivity index is 1.31. The number of hydrogen-bond acceptors (Lipinski definition) is 3. The van der Waals surface area contributed by atoms with E-state index >= 15 is 0 Å². The molecule has 3 amide bonds. The number of carbonyl (C=O) groups is 2. The molecule has 1 aliphatic heterocycles. The summed E-state index contributed by atoms with van der Waals surface area (Å²) in [4.78, 5) is 32.0. The lowest BCUT2D eigenvalue weighted by Gasteiger charge is -2.36. The standard InChI is InChI=1S/C31H37FN4O2/c1-23(2)26-10-14-29(15-11-26)33-31(38)35-19-16-34(17-20-35)18-21-36(22-25-6-12-28(32)13-7-25)30(37)27-8-4-24(3)5-9-27/h4-15,23H,16-22H2,1-3H3,(H,33,38). The van der Waals surface area contributed by atoms with Gasteiger partial charge in [0.2, 0.25) is 0 Å². The molecule has 0 unspecified atom stereocenters. The maximum Gasteiger partial charge on any atom is 0.321 e. The van der Waals surface area contributed by atoms with Crippen LogP contribution in [0.4, 0.5) is 14.9 Å². The summed E-state index contributed by atoms with van der Waals surface area (Å²) in [6.07, 6.45) is 0. The molecule has 200 valence electrons. The van der Waals surface area contributed by atoms with Crippen molar-refractivity contribution >= 4 is 17.6 Å². The van der Waals surface area contributed by atoms with Crippen LogP contribution in [-0.2, 0) is 6.54 Å². The number of carbonyl (C=O) groups excluding carboxylic acids is 2. The van der Waals surface area contributed by atoms with Crippen LogP contribution in [0, 0.1) is 12.7 Å². The van der Waals surface area contributed by atoms with Crippen molar-refractivity contribution in [3.8, 4) is 0 Å². The van der Waals surface area contributed by atoms with Crippen LogP contribution in [-0.4, -0.2) is 65.9 Å². The summed E-state index contributed by atoms with van der Waals surface area (Å²) in [5.74, 6) is 0.113. The Kier molecular flexibility index (Phi) is 9.13. The normalized spacial score (nSPS) is 14.0. The number of urea groups is 1. The quantitative estimate of drug-likeness (QED) is 0.415. The van der Waals surface area contributed by atoms with Gasteiger partial charge in [-0.05, 0) is 60.4 Å². The number of benzene rings is 3. The van der Waals surface area contributed by atoms with Crippen LogP contribution >= 0.6 is 0 Å². The van der Waals surface area contributed by atoms with Crippen molar-refractivity contribution in [1.82, 2.24) is 14.7 Å². The minimum Gasteiger partial charge on any atom is -0.333 e. The molecule has 1 fully saturated rings. The predicted octanol–water partition coefficient (Wildman–Crippen LogP) is 5.75. The van der Waals surface area contributed by atoms with Crippen LogP contribution in [0.15, 0.2) is 72.8 Å². The van der Waals surface area contributed by atoms with Crippen LogP contribution in [0.3, 0.4) is 0 Å². The lowest BCUT2D eigenvalue weighted by molar-refractivity contribution is 0.0704. The topological polar surface area (TPSA) is 55.9 Å². The number of halogens is 1. The summed E-state index contributed by atoms with van der Waals surface area (Å²) in [5, 5.41) is 3.00. The molecule has 1 saturated heterocycles. The number of aryl methyl sites for hydroxylation is 1. The fourth-order valence-corrected chi connectivity index (χ4v) is 4.53. The van der Waals surface area contributed by atoms with Gasteiger partial charge in [-0.25, -0.2) is 9.18 Å². The highest BCUT2D eigenvalue weighted by Crippen LogP contribution is 2.18. The van der Waals surface area contributed by atoms with E-state index in [1.807, 2.05) is 65.3 Å². The molecule has 4 rings (SSSR count). The molecule has 0 radical (unpaired) electrons. The average Bonchev–Trinajstić information content (AvgIpc) is 2.92. The van der Waals surface area contributed by atoms with Gasteiger partial charge in [0.1, 0.15) is 5.82 Å². The molecular weight excluding hydrogens is 479 g/mol. The zero-order chi connectivity index (χ0) is 27.1. The first-order valence-electron chi connectivity index (χ1n) is 13.3. The van der Waals surface area contributed by atoms with Crippen LogP contribution < -0.4 is 5.32 Å². The third-order valence-electron chi connectivity index (χ3n) is 7.05. The van der Waals surface area contributed by atoms with Crippen molar-refractivity contribution in [3.05, 3.63) is 101 Å². The van der Waals surface area contributed by atoms with Gasteiger partial charge in [-0.2, -0.15) is 0 Å². The Hall–Kier alpha value is -3.71. The zero-order valence-corrected chi connectivity index (χ0v) is 22.5. The maximum atomic E-state index is 13.4. The second kappa shape index (κ2) is 12.7. The third kappa shape index (κ3) is 7.42. The van der Waals surface area contributed by atoms with Crippen molar-refractivity contribution in [2.45, 2.75) is 33.2 Å². The molecule has 0 saturated carbocycles. The smallest absolute Gasteiger partial charge is 0.321 e. The first kappa shape index (κ1) is 27.3. The molecule has 38 heavy (non-hydrogen) atoms. The molecule has 1 aliphatic rings. The highest BCUT2D eigenvalue weighted by Gasteiger charge is 2.23. The van der Waals surface area contributed by atoms with Crippen LogP contribution in [0.2, 0.25) is 0 Å². The highest BCUT2D eigenvalue weighted by atomic mass is 19.1. The lowest BCUT2D eigenvalue weighted by Crippen LogP contribution is -2.51. The Morgan fingerprint density at radius 3 is 2.13 bits per heavy atom. The maximum absolute atomic E-state index is 13.4. The monoisotopic (exact) mass is 516 g/mol. The van der Waals surface area contributed by atoms with E-state index in [9.17, 15) is 14.0 Å². The van der Waals surface area contributed by atoms with Gasteiger partial charge in [-0.3, -0.25) is 9.69 Å². The fraction of sp³-hybridized carbons (Fsp3) is 0.355. The van der Waals surface area contributed by atoms with Gasteiger partial charge in [0, 0.05) is 57.1 Å². The van der Waals surface area contributed by atoms with Gasteiger partial charge < -0.3 is 15.1 Å². The fourth-order valence-electron chi connectivity index (χ4n) is 4.53. The van der Waals surface area contributed by atoms with Crippen LogP contribution in [0.5, 0.6) is 0 Å². The number of anilines is 1. The predicted molar refractivity (Wildman–Crippen MR) is 150 cm³/mol. The molecule has 0 bridgehead atoms. The highest BCUT2D eigenvalue weighted by molar-refractivity contribution is 5.94. The largest absolute Gasteiger partial charge is 0.333 e. The first-order chi connectivity index (χ1) is 18.3. The Labute approximate surface area is 225 Å².